The van der Waals surface area contributed by atoms with Gasteiger partial charge in [-0.1, -0.05) is 82.1 Å². The molecule has 0 aromatic heterocycles. The maximum Gasteiger partial charge on any atom is 0.147 e. The quantitative estimate of drug-likeness (QED) is 0.649. The second-order valence-corrected chi connectivity index (χ2v) is 6.60. The van der Waals surface area contributed by atoms with E-state index < -0.39 is 0 Å². The molecule has 0 saturated carbocycles. The lowest BCUT2D eigenvalue weighted by atomic mass is 9.86. The van der Waals surface area contributed by atoms with Crippen molar-refractivity contribution in [2.75, 3.05) is 0 Å². The van der Waals surface area contributed by atoms with Crippen molar-refractivity contribution < 1.29 is 4.79 Å². The molecule has 0 N–H and O–H groups in total. The van der Waals surface area contributed by atoms with Crippen LogP contribution in [0.25, 0.3) is 0 Å². The molecular weight excluding hydrogens is 380 g/mol. The second kappa shape index (κ2) is 6.68. The molecule has 0 heterocycles. The Morgan fingerprint density at radius 2 is 1.15 bits per heavy atom. The highest BCUT2D eigenvalue weighted by molar-refractivity contribution is 9.10. The van der Waals surface area contributed by atoms with Gasteiger partial charge in [-0.15, -0.1) is 0 Å². The first-order chi connectivity index (χ1) is 9.52. The molecule has 2 aromatic rings. The minimum atomic E-state index is -0.132. The molecule has 0 bridgehead atoms. The number of benzene rings is 2. The van der Waals surface area contributed by atoms with E-state index in [0.29, 0.717) is 0 Å². The fourth-order valence-electron chi connectivity index (χ4n) is 2.33. The van der Waals surface area contributed by atoms with Crippen molar-refractivity contribution in [3.05, 3.63) is 68.6 Å². The first-order valence-corrected chi connectivity index (χ1v) is 8.13. The first-order valence-electron chi connectivity index (χ1n) is 6.55. The third-order valence-corrected chi connectivity index (χ3v) is 5.04. The van der Waals surface area contributed by atoms with Crippen molar-refractivity contribution in [3.8, 4) is 0 Å². The van der Waals surface area contributed by atoms with Crippen LogP contribution >= 0.6 is 31.9 Å². The number of halogens is 2. The molecule has 0 spiro atoms. The topological polar surface area (TPSA) is 17.1 Å². The zero-order chi connectivity index (χ0) is 14.7. The Balaban J connectivity index is 2.28. The molecule has 0 aliphatic rings. The smallest absolute Gasteiger partial charge is 0.147 e. The molecule has 20 heavy (non-hydrogen) atoms. The van der Waals surface area contributed by atoms with Gasteiger partial charge >= 0.3 is 0 Å². The molecule has 2 atom stereocenters. The molecule has 0 amide bonds. The Bertz CT molecular complexity index is 568. The molecule has 2 rings (SSSR count). The highest BCUT2D eigenvalue weighted by Gasteiger charge is 2.25. The third-order valence-electron chi connectivity index (χ3n) is 3.60. The highest BCUT2D eigenvalue weighted by Crippen LogP contribution is 2.32. The van der Waals surface area contributed by atoms with Gasteiger partial charge in [-0.2, -0.15) is 0 Å². The Morgan fingerprint density at radius 1 is 0.800 bits per heavy atom. The summed E-state index contributed by atoms with van der Waals surface area (Å²) < 4.78 is 1.97. The lowest BCUT2D eigenvalue weighted by Crippen LogP contribution is -2.17. The number of carbonyl (C=O) groups is 1. The van der Waals surface area contributed by atoms with Crippen molar-refractivity contribution in [2.24, 2.45) is 0 Å². The summed E-state index contributed by atoms with van der Waals surface area (Å²) in [5.74, 6) is -0.0378. The molecule has 1 nitrogen and oxygen atoms in total. The largest absolute Gasteiger partial charge is 0.298 e. The van der Waals surface area contributed by atoms with Gasteiger partial charge < -0.3 is 0 Å². The first kappa shape index (κ1) is 15.5. The lowest BCUT2D eigenvalue weighted by molar-refractivity contribution is -0.121. The van der Waals surface area contributed by atoms with Crippen LogP contribution < -0.4 is 0 Å². The van der Waals surface area contributed by atoms with Gasteiger partial charge in [-0.3, -0.25) is 4.79 Å². The van der Waals surface area contributed by atoms with Gasteiger partial charge in [-0.05, 0) is 23.3 Å². The van der Waals surface area contributed by atoms with E-state index in [1.165, 1.54) is 0 Å². The van der Waals surface area contributed by atoms with Crippen molar-refractivity contribution in [1.82, 2.24) is 0 Å². The molecule has 0 fully saturated rings. The minimum Gasteiger partial charge on any atom is -0.298 e. The molecular formula is C17H16Br2O. The number of Topliss-reactive ketones (excluding diaryl/α,β-unsaturated/α-hetero) is 1. The van der Waals surface area contributed by atoms with Crippen LogP contribution in [0.5, 0.6) is 0 Å². The van der Waals surface area contributed by atoms with Crippen LogP contribution in [-0.2, 0) is 4.79 Å². The van der Waals surface area contributed by atoms with Crippen LogP contribution in [0, 0.1) is 0 Å². The summed E-state index contributed by atoms with van der Waals surface area (Å²) in [5.41, 5.74) is 2.08. The predicted molar refractivity (Wildman–Crippen MR) is 90.1 cm³/mol. The van der Waals surface area contributed by atoms with Gasteiger partial charge in [0.1, 0.15) is 5.78 Å². The summed E-state index contributed by atoms with van der Waals surface area (Å²) in [5, 5.41) is 0. The average Bonchev–Trinajstić information content (AvgIpc) is 2.46. The normalized spacial score (nSPS) is 13.8. The van der Waals surface area contributed by atoms with E-state index in [-0.39, 0.29) is 17.6 Å². The van der Waals surface area contributed by atoms with Crippen molar-refractivity contribution >= 4 is 37.6 Å². The number of hydrogen-bond donors (Lipinski definition) is 0. The Hall–Kier alpha value is -0.930. The lowest BCUT2D eigenvalue weighted by Gasteiger charge is -2.19. The molecule has 3 heteroatoms. The molecule has 2 aromatic carbocycles. The summed E-state index contributed by atoms with van der Waals surface area (Å²) in [7, 11) is 0. The van der Waals surface area contributed by atoms with Crippen LogP contribution in [0.3, 0.4) is 0 Å². The summed E-state index contributed by atoms with van der Waals surface area (Å²) in [6.07, 6.45) is 0. The van der Waals surface area contributed by atoms with Crippen LogP contribution in [0.1, 0.15) is 36.8 Å². The van der Waals surface area contributed by atoms with Crippen LogP contribution in [0.4, 0.5) is 0 Å². The van der Waals surface area contributed by atoms with Crippen molar-refractivity contribution in [1.29, 1.82) is 0 Å². The third kappa shape index (κ3) is 3.21. The van der Waals surface area contributed by atoms with Gasteiger partial charge in [0.25, 0.3) is 0 Å². The van der Waals surface area contributed by atoms with E-state index in [1.807, 2.05) is 62.4 Å². The van der Waals surface area contributed by atoms with Gasteiger partial charge in [0, 0.05) is 20.8 Å². The zero-order valence-electron chi connectivity index (χ0n) is 11.4. The standard InChI is InChI=1S/C17H16Br2O/c1-11(13-7-3-5-9-15(13)18)17(20)12(2)14-8-4-6-10-16(14)19/h3-12H,1-2H3. The van der Waals surface area contributed by atoms with E-state index in [1.54, 1.807) is 0 Å². The van der Waals surface area contributed by atoms with Crippen molar-refractivity contribution in [3.63, 3.8) is 0 Å². The number of carbonyl (C=O) groups excluding carboxylic acids is 1. The van der Waals surface area contributed by atoms with E-state index >= 15 is 0 Å². The fourth-order valence-corrected chi connectivity index (χ4v) is 3.59. The summed E-state index contributed by atoms with van der Waals surface area (Å²) in [6, 6.07) is 15.8. The van der Waals surface area contributed by atoms with Gasteiger partial charge in [0.2, 0.25) is 0 Å². The predicted octanol–water partition coefficient (Wildman–Crippen LogP) is 5.69. The number of ketones is 1. The molecule has 0 radical (unpaired) electrons. The summed E-state index contributed by atoms with van der Waals surface area (Å²) in [6.45, 7) is 3.94. The molecule has 104 valence electrons. The Labute approximate surface area is 136 Å². The maximum atomic E-state index is 12.7. The molecule has 2 unspecified atom stereocenters. The monoisotopic (exact) mass is 394 g/mol. The zero-order valence-corrected chi connectivity index (χ0v) is 14.6. The van der Waals surface area contributed by atoms with E-state index in [0.717, 1.165) is 20.1 Å². The molecule has 0 saturated heterocycles. The van der Waals surface area contributed by atoms with Crippen LogP contribution in [0.2, 0.25) is 0 Å². The molecule has 0 aliphatic heterocycles. The van der Waals surface area contributed by atoms with Crippen LogP contribution in [0.15, 0.2) is 57.5 Å². The van der Waals surface area contributed by atoms with Crippen molar-refractivity contribution in [2.45, 2.75) is 25.7 Å². The Morgan fingerprint density at radius 3 is 1.50 bits per heavy atom. The van der Waals surface area contributed by atoms with Gasteiger partial charge in [0.05, 0.1) is 0 Å². The average molecular weight is 396 g/mol. The number of rotatable bonds is 4. The highest BCUT2D eigenvalue weighted by atomic mass is 79.9. The van der Waals surface area contributed by atoms with Gasteiger partial charge in [0.15, 0.2) is 0 Å². The van der Waals surface area contributed by atoms with E-state index in [4.69, 9.17) is 0 Å². The van der Waals surface area contributed by atoms with Gasteiger partial charge in [-0.25, -0.2) is 0 Å². The number of hydrogen-bond acceptors (Lipinski definition) is 1. The fraction of sp³-hybridized carbons (Fsp3) is 0.235. The summed E-state index contributed by atoms with van der Waals surface area (Å²) >= 11 is 7.05. The van der Waals surface area contributed by atoms with E-state index in [2.05, 4.69) is 31.9 Å². The maximum absolute atomic E-state index is 12.7. The Kier molecular flexibility index (Phi) is 5.17. The second-order valence-electron chi connectivity index (χ2n) is 4.89. The minimum absolute atomic E-state index is 0.132. The summed E-state index contributed by atoms with van der Waals surface area (Å²) in [4.78, 5) is 12.7. The molecule has 0 aliphatic carbocycles. The SMILES string of the molecule is CC(C(=O)C(C)c1ccccc1Br)c1ccccc1Br. The van der Waals surface area contributed by atoms with E-state index in [9.17, 15) is 4.79 Å². The van der Waals surface area contributed by atoms with Crippen LogP contribution in [-0.4, -0.2) is 5.78 Å².